The first-order valence-electron chi connectivity index (χ1n) is 10.2. The number of aromatic amines is 1. The van der Waals surface area contributed by atoms with E-state index in [1.807, 2.05) is 65.6 Å². The second kappa shape index (κ2) is 8.73. The van der Waals surface area contributed by atoms with E-state index >= 15 is 0 Å². The highest BCUT2D eigenvalue weighted by Gasteiger charge is 2.35. The number of aromatic nitrogens is 4. The predicted molar refractivity (Wildman–Crippen MR) is 120 cm³/mol. The van der Waals surface area contributed by atoms with E-state index < -0.39 is 0 Å². The summed E-state index contributed by atoms with van der Waals surface area (Å²) in [6, 6.07) is 19.2. The summed E-state index contributed by atoms with van der Waals surface area (Å²) in [6.07, 6.45) is 6.00. The third kappa shape index (κ3) is 4.09. The molecule has 31 heavy (non-hydrogen) atoms. The van der Waals surface area contributed by atoms with Crippen LogP contribution < -0.4 is 0 Å². The van der Waals surface area contributed by atoms with Gasteiger partial charge in [-0.25, -0.2) is 9.97 Å². The van der Waals surface area contributed by atoms with Gasteiger partial charge in [-0.1, -0.05) is 24.3 Å². The van der Waals surface area contributed by atoms with Crippen molar-refractivity contribution in [2.45, 2.75) is 23.2 Å². The molecule has 0 bridgehead atoms. The van der Waals surface area contributed by atoms with Crippen molar-refractivity contribution >= 4 is 17.7 Å². The fraction of sp³-hybridized carbons (Fsp3) is 0.167. The Kier molecular flexibility index (Phi) is 5.50. The maximum absolute atomic E-state index is 13.5. The Morgan fingerprint density at radius 3 is 2.55 bits per heavy atom. The number of nitrogens with zero attached hydrogens (tertiary/aromatic N) is 4. The molecular formula is C24H21N5OS. The van der Waals surface area contributed by atoms with Crippen LogP contribution in [0.1, 0.15) is 39.0 Å². The van der Waals surface area contributed by atoms with Crippen LogP contribution in [0.5, 0.6) is 0 Å². The van der Waals surface area contributed by atoms with Gasteiger partial charge in [0.2, 0.25) is 0 Å². The molecular weight excluding hydrogens is 406 g/mol. The largest absolute Gasteiger partial charge is 0.348 e. The van der Waals surface area contributed by atoms with Crippen molar-refractivity contribution in [3.05, 3.63) is 108 Å². The number of carbonyl (C=O) groups excluding carboxylic acids is 1. The molecule has 0 saturated carbocycles. The standard InChI is InChI=1S/C24H21N5OS/c30-24(18-9-7-17(8-10-18)15-31-21-6-2-4-13-26-21)29-14-11-19-22(28-16-27-19)23(29)20-5-1-3-12-25-20/h1-10,12-13,16,23H,11,14-15H2,(H,27,28). The van der Waals surface area contributed by atoms with Crippen molar-refractivity contribution in [2.24, 2.45) is 0 Å². The molecule has 6 nitrogen and oxygen atoms in total. The van der Waals surface area contributed by atoms with E-state index in [2.05, 4.69) is 19.9 Å². The van der Waals surface area contributed by atoms with E-state index in [0.717, 1.165) is 39.8 Å². The fourth-order valence-electron chi connectivity index (χ4n) is 3.83. The van der Waals surface area contributed by atoms with Crippen LogP contribution in [0.15, 0.2) is 84.4 Å². The van der Waals surface area contributed by atoms with Gasteiger partial charge in [-0.2, -0.15) is 0 Å². The van der Waals surface area contributed by atoms with Gasteiger partial charge in [-0.05, 0) is 42.0 Å². The maximum atomic E-state index is 13.5. The summed E-state index contributed by atoms with van der Waals surface area (Å²) in [5.41, 5.74) is 4.60. The zero-order valence-corrected chi connectivity index (χ0v) is 17.6. The Hall–Kier alpha value is -3.45. The first kappa shape index (κ1) is 19.5. The van der Waals surface area contributed by atoms with E-state index in [9.17, 15) is 4.79 Å². The highest BCUT2D eigenvalue weighted by atomic mass is 32.2. The number of rotatable bonds is 5. The summed E-state index contributed by atoms with van der Waals surface area (Å²) in [4.78, 5) is 31.9. The molecule has 1 atom stereocenters. The number of hydrogen-bond donors (Lipinski definition) is 1. The van der Waals surface area contributed by atoms with Gasteiger partial charge in [-0.15, -0.1) is 11.8 Å². The Bertz CT molecular complexity index is 1160. The first-order chi connectivity index (χ1) is 15.3. The minimum atomic E-state index is -0.289. The van der Waals surface area contributed by atoms with Crippen LogP contribution in [-0.2, 0) is 12.2 Å². The SMILES string of the molecule is O=C(c1ccc(CSc2ccccn2)cc1)N1CCc2[nH]cnc2C1c1ccccn1. The lowest BCUT2D eigenvalue weighted by Gasteiger charge is -2.34. The number of fused-ring (bicyclic) bond motifs is 1. The van der Waals surface area contributed by atoms with Gasteiger partial charge < -0.3 is 9.88 Å². The average molecular weight is 428 g/mol. The number of carbonyl (C=O) groups is 1. The van der Waals surface area contributed by atoms with Crippen molar-refractivity contribution in [3.63, 3.8) is 0 Å². The van der Waals surface area contributed by atoms with Gasteiger partial charge in [0.1, 0.15) is 6.04 Å². The van der Waals surface area contributed by atoms with Gasteiger partial charge >= 0.3 is 0 Å². The van der Waals surface area contributed by atoms with Gasteiger partial charge in [0.25, 0.3) is 5.91 Å². The molecule has 1 aliphatic rings. The molecule has 0 spiro atoms. The molecule has 3 aromatic heterocycles. The third-order valence-electron chi connectivity index (χ3n) is 5.38. The Morgan fingerprint density at radius 1 is 1.00 bits per heavy atom. The highest BCUT2D eigenvalue weighted by molar-refractivity contribution is 7.98. The molecule has 4 heterocycles. The number of thioether (sulfide) groups is 1. The van der Waals surface area contributed by atoms with Crippen LogP contribution >= 0.6 is 11.8 Å². The van der Waals surface area contributed by atoms with Crippen molar-refractivity contribution < 1.29 is 4.79 Å². The smallest absolute Gasteiger partial charge is 0.254 e. The molecule has 7 heteroatoms. The Labute approximate surface area is 184 Å². The van der Waals surface area contributed by atoms with Crippen LogP contribution in [-0.4, -0.2) is 37.3 Å². The molecule has 5 rings (SSSR count). The predicted octanol–water partition coefficient (Wildman–Crippen LogP) is 4.28. The van der Waals surface area contributed by atoms with E-state index in [1.54, 1.807) is 30.5 Å². The molecule has 1 unspecified atom stereocenters. The van der Waals surface area contributed by atoms with Gasteiger partial charge in [0, 0.05) is 42.4 Å². The number of imidazole rings is 1. The van der Waals surface area contributed by atoms with Crippen LogP contribution in [0, 0.1) is 0 Å². The quantitative estimate of drug-likeness (QED) is 0.481. The molecule has 1 amide bonds. The van der Waals surface area contributed by atoms with Crippen molar-refractivity contribution in [2.75, 3.05) is 6.54 Å². The van der Waals surface area contributed by atoms with Crippen molar-refractivity contribution in [1.29, 1.82) is 0 Å². The van der Waals surface area contributed by atoms with Crippen LogP contribution in [0.3, 0.4) is 0 Å². The summed E-state index contributed by atoms with van der Waals surface area (Å²) in [5, 5.41) is 0.990. The number of benzene rings is 1. The number of amides is 1. The van der Waals surface area contributed by atoms with Crippen LogP contribution in [0.4, 0.5) is 0 Å². The van der Waals surface area contributed by atoms with Gasteiger partial charge in [0.05, 0.1) is 22.7 Å². The lowest BCUT2D eigenvalue weighted by molar-refractivity contribution is 0.0687. The second-order valence-electron chi connectivity index (χ2n) is 7.33. The molecule has 1 aromatic carbocycles. The minimum absolute atomic E-state index is 0.00627. The zero-order valence-electron chi connectivity index (χ0n) is 16.8. The fourth-order valence-corrected chi connectivity index (χ4v) is 4.65. The molecule has 4 aromatic rings. The third-order valence-corrected chi connectivity index (χ3v) is 6.39. The van der Waals surface area contributed by atoms with E-state index in [1.165, 1.54) is 0 Å². The second-order valence-corrected chi connectivity index (χ2v) is 8.32. The number of hydrogen-bond acceptors (Lipinski definition) is 5. The van der Waals surface area contributed by atoms with Gasteiger partial charge in [0.15, 0.2) is 0 Å². The van der Waals surface area contributed by atoms with Gasteiger partial charge in [-0.3, -0.25) is 9.78 Å². The molecule has 0 saturated heterocycles. The average Bonchev–Trinajstić information content (AvgIpc) is 3.32. The molecule has 1 N–H and O–H groups in total. The summed E-state index contributed by atoms with van der Waals surface area (Å²) in [6.45, 7) is 0.618. The number of nitrogens with one attached hydrogen (secondary N) is 1. The minimum Gasteiger partial charge on any atom is -0.348 e. The summed E-state index contributed by atoms with van der Waals surface area (Å²) in [5.74, 6) is 0.802. The molecule has 0 radical (unpaired) electrons. The summed E-state index contributed by atoms with van der Waals surface area (Å²) in [7, 11) is 0. The van der Waals surface area contributed by atoms with Crippen LogP contribution in [0.25, 0.3) is 0 Å². The van der Waals surface area contributed by atoms with E-state index in [-0.39, 0.29) is 11.9 Å². The van der Waals surface area contributed by atoms with E-state index in [0.29, 0.717) is 12.1 Å². The highest BCUT2D eigenvalue weighted by Crippen LogP contribution is 2.33. The number of H-pyrrole nitrogens is 1. The summed E-state index contributed by atoms with van der Waals surface area (Å²) >= 11 is 1.68. The zero-order chi connectivity index (χ0) is 21.0. The monoisotopic (exact) mass is 427 g/mol. The topological polar surface area (TPSA) is 74.8 Å². The van der Waals surface area contributed by atoms with E-state index in [4.69, 9.17) is 0 Å². The molecule has 0 aliphatic carbocycles. The lowest BCUT2D eigenvalue weighted by Crippen LogP contribution is -2.41. The lowest BCUT2D eigenvalue weighted by atomic mass is 9.98. The Morgan fingerprint density at radius 2 is 1.81 bits per heavy atom. The Balaban J connectivity index is 1.36. The number of pyridine rings is 2. The first-order valence-corrected chi connectivity index (χ1v) is 11.1. The van der Waals surface area contributed by atoms with Crippen molar-refractivity contribution in [1.82, 2.24) is 24.8 Å². The molecule has 154 valence electrons. The maximum Gasteiger partial charge on any atom is 0.254 e. The molecule has 0 fully saturated rings. The van der Waals surface area contributed by atoms with Crippen LogP contribution in [0.2, 0.25) is 0 Å². The normalized spacial score (nSPS) is 15.5. The van der Waals surface area contributed by atoms with Crippen molar-refractivity contribution in [3.8, 4) is 0 Å². The summed E-state index contributed by atoms with van der Waals surface area (Å²) < 4.78 is 0. The molecule has 1 aliphatic heterocycles.